The normalized spacial score (nSPS) is 12.1. The van der Waals surface area contributed by atoms with Crippen LogP contribution < -0.4 is 11.1 Å². The average Bonchev–Trinajstić information content (AvgIpc) is 2.55. The zero-order chi connectivity index (χ0) is 16.5. The maximum atomic E-state index is 9.21. The quantitative estimate of drug-likeness (QED) is 0.656. The molecule has 0 saturated heterocycles. The number of aromatic nitrogens is 3. The van der Waals surface area contributed by atoms with Gasteiger partial charge in [-0.25, -0.2) is 4.98 Å². The zero-order valence-electron chi connectivity index (χ0n) is 13.6. The van der Waals surface area contributed by atoms with Crippen LogP contribution in [0.5, 0.6) is 0 Å². The molecule has 2 heterocycles. The average molecular weight is 315 g/mol. The Kier molecular flexibility index (Phi) is 6.75. The van der Waals surface area contributed by atoms with E-state index in [4.69, 9.17) is 5.73 Å². The van der Waals surface area contributed by atoms with Crippen molar-refractivity contribution in [3.8, 4) is 0 Å². The molecule has 2 rings (SSSR count). The van der Waals surface area contributed by atoms with Crippen molar-refractivity contribution < 1.29 is 5.11 Å². The van der Waals surface area contributed by atoms with Gasteiger partial charge < -0.3 is 16.2 Å². The molecule has 0 bridgehead atoms. The minimum Gasteiger partial charge on any atom is -0.396 e. The van der Waals surface area contributed by atoms with Gasteiger partial charge in [0.05, 0.1) is 0 Å². The summed E-state index contributed by atoms with van der Waals surface area (Å²) in [5.74, 6) is 1.04. The summed E-state index contributed by atoms with van der Waals surface area (Å²) in [5, 5.41) is 12.6. The molecule has 0 spiro atoms. The molecule has 0 aliphatic carbocycles. The van der Waals surface area contributed by atoms with Gasteiger partial charge in [-0.15, -0.1) is 0 Å². The third-order valence-electron chi connectivity index (χ3n) is 3.77. The Bertz CT molecular complexity index is 585. The van der Waals surface area contributed by atoms with Crippen molar-refractivity contribution in [1.29, 1.82) is 0 Å². The first-order chi connectivity index (χ1) is 11.2. The maximum absolute atomic E-state index is 9.21. The largest absolute Gasteiger partial charge is 0.396 e. The second-order valence-electron chi connectivity index (χ2n) is 5.60. The van der Waals surface area contributed by atoms with Gasteiger partial charge in [-0.2, -0.15) is 4.98 Å². The van der Waals surface area contributed by atoms with Crippen LogP contribution in [0.3, 0.4) is 0 Å². The fourth-order valence-corrected chi connectivity index (χ4v) is 2.54. The number of aliphatic hydroxyl groups excluding tert-OH is 1. The molecule has 0 aromatic carbocycles. The predicted octanol–water partition coefficient (Wildman–Crippen LogP) is 2.20. The molecular weight excluding hydrogens is 290 g/mol. The monoisotopic (exact) mass is 315 g/mol. The number of anilines is 2. The van der Waals surface area contributed by atoms with Crippen LogP contribution in [0.25, 0.3) is 0 Å². The molecule has 6 nitrogen and oxygen atoms in total. The summed E-state index contributed by atoms with van der Waals surface area (Å²) in [6.45, 7) is 2.29. The number of aryl methyl sites for hydroxylation is 2. The summed E-state index contributed by atoms with van der Waals surface area (Å²) in [7, 11) is 0. The molecule has 1 atom stereocenters. The second kappa shape index (κ2) is 9.05. The summed E-state index contributed by atoms with van der Waals surface area (Å²) >= 11 is 0. The second-order valence-corrected chi connectivity index (χ2v) is 5.60. The van der Waals surface area contributed by atoms with E-state index >= 15 is 0 Å². The molecular formula is C17H25N5O. The van der Waals surface area contributed by atoms with Crippen molar-refractivity contribution in [1.82, 2.24) is 15.0 Å². The molecule has 2 aromatic heterocycles. The van der Waals surface area contributed by atoms with E-state index in [1.165, 1.54) is 5.56 Å². The van der Waals surface area contributed by atoms with Crippen LogP contribution in [0.1, 0.15) is 37.3 Å². The molecule has 6 heteroatoms. The minimum atomic E-state index is 0.157. The fourth-order valence-electron chi connectivity index (χ4n) is 2.54. The number of nitrogens with two attached hydrogens (primary N) is 1. The lowest BCUT2D eigenvalue weighted by atomic mass is 10.1. The van der Waals surface area contributed by atoms with Crippen LogP contribution in [0.2, 0.25) is 0 Å². The number of pyridine rings is 1. The molecule has 0 aliphatic rings. The third kappa shape index (κ3) is 5.49. The van der Waals surface area contributed by atoms with E-state index in [-0.39, 0.29) is 18.6 Å². The Morgan fingerprint density at radius 3 is 2.70 bits per heavy atom. The Morgan fingerprint density at radius 2 is 2.00 bits per heavy atom. The fraction of sp³-hybridized carbons (Fsp3) is 0.471. The molecule has 124 valence electrons. The number of rotatable bonds is 9. The van der Waals surface area contributed by atoms with Crippen LogP contribution in [0.4, 0.5) is 11.8 Å². The first kappa shape index (κ1) is 17.1. The van der Waals surface area contributed by atoms with Crippen LogP contribution in [0, 0.1) is 0 Å². The summed E-state index contributed by atoms with van der Waals surface area (Å²) in [6.07, 6.45) is 9.82. The molecule has 0 radical (unpaired) electrons. The van der Waals surface area contributed by atoms with E-state index in [0.717, 1.165) is 37.1 Å². The highest BCUT2D eigenvalue weighted by Crippen LogP contribution is 2.18. The van der Waals surface area contributed by atoms with Crippen molar-refractivity contribution >= 4 is 11.8 Å². The number of nitrogens with zero attached hydrogens (tertiary/aromatic N) is 3. The molecule has 0 saturated carbocycles. The Hall–Kier alpha value is -2.21. The van der Waals surface area contributed by atoms with Crippen molar-refractivity contribution in [2.75, 3.05) is 17.7 Å². The molecule has 23 heavy (non-hydrogen) atoms. The van der Waals surface area contributed by atoms with Gasteiger partial charge >= 0.3 is 0 Å². The van der Waals surface area contributed by atoms with Gasteiger partial charge in [0.15, 0.2) is 0 Å². The Labute approximate surface area is 137 Å². The highest BCUT2D eigenvalue weighted by atomic mass is 16.3. The van der Waals surface area contributed by atoms with E-state index in [2.05, 4.69) is 27.2 Å². The molecule has 4 N–H and O–H groups in total. The smallest absolute Gasteiger partial charge is 0.221 e. The van der Waals surface area contributed by atoms with E-state index in [1.807, 2.05) is 12.1 Å². The Balaban J connectivity index is 2.09. The zero-order valence-corrected chi connectivity index (χ0v) is 13.6. The summed E-state index contributed by atoms with van der Waals surface area (Å²) in [5.41, 5.74) is 8.00. The van der Waals surface area contributed by atoms with Gasteiger partial charge in [0.25, 0.3) is 0 Å². The molecule has 0 unspecified atom stereocenters. The summed E-state index contributed by atoms with van der Waals surface area (Å²) < 4.78 is 0. The third-order valence-corrected chi connectivity index (χ3v) is 3.77. The van der Waals surface area contributed by atoms with Crippen LogP contribution in [-0.4, -0.2) is 32.7 Å². The lowest BCUT2D eigenvalue weighted by Crippen LogP contribution is -2.23. The predicted molar refractivity (Wildman–Crippen MR) is 92.1 cm³/mol. The van der Waals surface area contributed by atoms with Gasteiger partial charge in [-0.3, -0.25) is 4.98 Å². The van der Waals surface area contributed by atoms with E-state index in [9.17, 15) is 5.11 Å². The molecule has 2 aromatic rings. The van der Waals surface area contributed by atoms with Gasteiger partial charge in [-0.1, -0.05) is 13.3 Å². The Morgan fingerprint density at radius 1 is 1.22 bits per heavy atom. The number of nitrogens with one attached hydrogen (secondary N) is 1. The van der Waals surface area contributed by atoms with E-state index < -0.39 is 0 Å². The van der Waals surface area contributed by atoms with Crippen molar-refractivity contribution in [2.24, 2.45) is 0 Å². The number of nitrogen functional groups attached to an aromatic ring is 1. The number of hydrogen-bond acceptors (Lipinski definition) is 6. The molecule has 0 fully saturated rings. The summed E-state index contributed by atoms with van der Waals surface area (Å²) in [6, 6.07) is 4.22. The molecule has 0 aliphatic heterocycles. The minimum absolute atomic E-state index is 0.157. The first-order valence-corrected chi connectivity index (χ1v) is 8.10. The van der Waals surface area contributed by atoms with Crippen LogP contribution >= 0.6 is 0 Å². The van der Waals surface area contributed by atoms with Gasteiger partial charge in [-0.05, 0) is 43.4 Å². The lowest BCUT2D eigenvalue weighted by molar-refractivity contribution is 0.276. The highest BCUT2D eigenvalue weighted by Gasteiger charge is 2.12. The first-order valence-electron chi connectivity index (χ1n) is 8.10. The molecule has 0 amide bonds. The number of hydrogen-bond donors (Lipinski definition) is 3. The van der Waals surface area contributed by atoms with Crippen molar-refractivity contribution in [2.45, 2.75) is 45.1 Å². The van der Waals surface area contributed by atoms with Crippen molar-refractivity contribution in [3.05, 3.63) is 41.9 Å². The van der Waals surface area contributed by atoms with E-state index in [1.54, 1.807) is 18.6 Å². The van der Waals surface area contributed by atoms with Crippen molar-refractivity contribution in [3.63, 3.8) is 0 Å². The van der Waals surface area contributed by atoms with Crippen LogP contribution in [-0.2, 0) is 12.8 Å². The lowest BCUT2D eigenvalue weighted by Gasteiger charge is -2.20. The SMILES string of the molecule is CCC[C@@H](CCO)Nc1nc(N)ncc1CCc1ccncc1. The van der Waals surface area contributed by atoms with Gasteiger partial charge in [0.1, 0.15) is 5.82 Å². The van der Waals surface area contributed by atoms with Gasteiger partial charge in [0, 0.05) is 36.8 Å². The standard InChI is InChI=1S/C17H25N5O/c1-2-3-15(8-11-23)21-16-14(12-20-17(18)22-16)5-4-13-6-9-19-10-7-13/h6-7,9-10,12,15,23H,2-5,8,11H2,1H3,(H3,18,20,21,22)/t15-/m0/s1. The maximum Gasteiger partial charge on any atom is 0.221 e. The highest BCUT2D eigenvalue weighted by molar-refractivity contribution is 5.47. The summed E-state index contributed by atoms with van der Waals surface area (Å²) in [4.78, 5) is 12.5. The van der Waals surface area contributed by atoms with Crippen LogP contribution in [0.15, 0.2) is 30.7 Å². The van der Waals surface area contributed by atoms with Gasteiger partial charge in [0.2, 0.25) is 5.95 Å². The number of aliphatic hydroxyl groups is 1. The topological polar surface area (TPSA) is 97.0 Å². The van der Waals surface area contributed by atoms with E-state index in [0.29, 0.717) is 6.42 Å².